The maximum Gasteiger partial charge on any atom is 0.0684 e. The van der Waals surface area contributed by atoms with Crippen LogP contribution in [-0.2, 0) is 4.74 Å². The summed E-state index contributed by atoms with van der Waals surface area (Å²) >= 11 is 0. The monoisotopic (exact) mass is 267 g/mol. The highest BCUT2D eigenvalue weighted by molar-refractivity contribution is 5.11. The molecule has 3 atom stereocenters. The van der Waals surface area contributed by atoms with Gasteiger partial charge < -0.3 is 10.1 Å². The largest absolute Gasteiger partial charge is 0.377 e. The number of hydrogen-bond acceptors (Lipinski definition) is 2. The van der Waals surface area contributed by atoms with Crippen LogP contribution in [0, 0.1) is 16.7 Å². The molecule has 1 N–H and O–H groups in total. The fraction of sp³-hybridized carbons (Fsp3) is 1.00. The van der Waals surface area contributed by atoms with Crippen molar-refractivity contribution in [1.29, 1.82) is 0 Å². The number of hydrogen-bond donors (Lipinski definition) is 1. The van der Waals surface area contributed by atoms with Crippen LogP contribution in [0.25, 0.3) is 0 Å². The highest BCUT2D eigenvalue weighted by atomic mass is 16.5. The predicted octanol–water partition coefficient (Wildman–Crippen LogP) is 3.99. The van der Waals surface area contributed by atoms with E-state index in [0.29, 0.717) is 17.6 Å². The lowest BCUT2D eigenvalue weighted by Gasteiger charge is -2.62. The molecule has 0 aromatic heterocycles. The summed E-state index contributed by atoms with van der Waals surface area (Å²) in [4.78, 5) is 0. The Hall–Kier alpha value is -0.0800. The highest BCUT2D eigenvalue weighted by Gasteiger charge is 2.58. The molecule has 1 heterocycles. The van der Waals surface area contributed by atoms with Crippen molar-refractivity contribution in [3.05, 3.63) is 0 Å². The molecule has 1 saturated heterocycles. The van der Waals surface area contributed by atoms with Crippen molar-refractivity contribution in [3.63, 3.8) is 0 Å². The predicted molar refractivity (Wildman–Crippen MR) is 81.3 cm³/mol. The van der Waals surface area contributed by atoms with E-state index in [9.17, 15) is 0 Å². The molecule has 112 valence electrons. The molecule has 1 aliphatic heterocycles. The topological polar surface area (TPSA) is 21.3 Å². The molecule has 0 aromatic carbocycles. The van der Waals surface area contributed by atoms with Crippen LogP contribution in [0.5, 0.6) is 0 Å². The Kier molecular flexibility index (Phi) is 3.81. The van der Waals surface area contributed by atoms with Gasteiger partial charge in [-0.15, -0.1) is 0 Å². The summed E-state index contributed by atoms with van der Waals surface area (Å²) in [5.41, 5.74) is 0.843. The van der Waals surface area contributed by atoms with Gasteiger partial charge >= 0.3 is 0 Å². The molecule has 0 aromatic rings. The first-order valence-corrected chi connectivity index (χ1v) is 7.92. The maximum absolute atomic E-state index is 6.00. The molecule has 1 saturated carbocycles. The van der Waals surface area contributed by atoms with Crippen LogP contribution in [-0.4, -0.2) is 24.3 Å². The first-order chi connectivity index (χ1) is 8.53. The first-order valence-electron chi connectivity index (χ1n) is 7.92. The third-order valence-corrected chi connectivity index (χ3v) is 4.85. The summed E-state index contributed by atoms with van der Waals surface area (Å²) in [5.74, 6) is 0.725. The van der Waals surface area contributed by atoms with Crippen LogP contribution in [0.4, 0.5) is 0 Å². The highest BCUT2D eigenvalue weighted by Crippen LogP contribution is 2.52. The van der Waals surface area contributed by atoms with E-state index >= 15 is 0 Å². The van der Waals surface area contributed by atoms with E-state index in [4.69, 9.17) is 4.74 Å². The summed E-state index contributed by atoms with van der Waals surface area (Å²) < 4.78 is 6.00. The molecule has 2 nitrogen and oxygen atoms in total. The summed E-state index contributed by atoms with van der Waals surface area (Å²) in [7, 11) is 0. The number of fused-ring (bicyclic) bond motifs is 1. The Morgan fingerprint density at radius 2 is 1.79 bits per heavy atom. The minimum Gasteiger partial charge on any atom is -0.377 e. The smallest absolute Gasteiger partial charge is 0.0684 e. The maximum atomic E-state index is 6.00. The fourth-order valence-corrected chi connectivity index (χ4v) is 4.61. The van der Waals surface area contributed by atoms with E-state index in [1.165, 1.54) is 19.3 Å². The van der Waals surface area contributed by atoms with Crippen molar-refractivity contribution in [2.45, 2.75) is 85.4 Å². The SMILES string of the molecule is CC(C)(C)CC(C)(C)NC1C2CCCOC2C1(C)C. The minimum atomic E-state index is 0.197. The van der Waals surface area contributed by atoms with Gasteiger partial charge in [0.2, 0.25) is 0 Å². The van der Waals surface area contributed by atoms with Gasteiger partial charge in [0.1, 0.15) is 0 Å². The van der Waals surface area contributed by atoms with E-state index in [1.807, 2.05) is 0 Å². The minimum absolute atomic E-state index is 0.197. The summed E-state index contributed by atoms with van der Waals surface area (Å²) in [6.45, 7) is 17.4. The summed E-state index contributed by atoms with van der Waals surface area (Å²) in [5, 5.41) is 3.96. The van der Waals surface area contributed by atoms with Gasteiger partial charge in [0.25, 0.3) is 0 Å². The van der Waals surface area contributed by atoms with Crippen molar-refractivity contribution >= 4 is 0 Å². The zero-order valence-electron chi connectivity index (χ0n) is 14.0. The molecule has 2 aliphatic rings. The van der Waals surface area contributed by atoms with Gasteiger partial charge in [-0.1, -0.05) is 34.6 Å². The average Bonchev–Trinajstić information content (AvgIpc) is 2.23. The van der Waals surface area contributed by atoms with Gasteiger partial charge in [0.15, 0.2) is 0 Å². The van der Waals surface area contributed by atoms with Gasteiger partial charge in [-0.2, -0.15) is 0 Å². The Balaban J connectivity index is 2.02. The van der Waals surface area contributed by atoms with Crippen molar-refractivity contribution in [2.75, 3.05) is 6.61 Å². The van der Waals surface area contributed by atoms with Gasteiger partial charge in [0, 0.05) is 29.5 Å². The Morgan fingerprint density at radius 3 is 2.37 bits per heavy atom. The van der Waals surface area contributed by atoms with Crippen LogP contribution in [0.15, 0.2) is 0 Å². The summed E-state index contributed by atoms with van der Waals surface area (Å²) in [6, 6.07) is 0.607. The number of nitrogens with one attached hydrogen (secondary N) is 1. The van der Waals surface area contributed by atoms with E-state index in [0.717, 1.165) is 12.5 Å². The third-order valence-electron chi connectivity index (χ3n) is 4.85. The molecular weight excluding hydrogens is 234 g/mol. The third kappa shape index (κ3) is 3.16. The van der Waals surface area contributed by atoms with Gasteiger partial charge in [0.05, 0.1) is 6.10 Å². The zero-order valence-corrected chi connectivity index (χ0v) is 14.0. The molecule has 0 spiro atoms. The first kappa shape index (κ1) is 15.3. The van der Waals surface area contributed by atoms with Crippen molar-refractivity contribution < 1.29 is 4.74 Å². The molecule has 0 bridgehead atoms. The molecule has 2 heteroatoms. The molecule has 2 rings (SSSR count). The normalized spacial score (nSPS) is 34.6. The van der Waals surface area contributed by atoms with Crippen LogP contribution in [0.2, 0.25) is 0 Å². The van der Waals surface area contributed by atoms with Crippen molar-refractivity contribution in [1.82, 2.24) is 5.32 Å². The van der Waals surface area contributed by atoms with Crippen LogP contribution in [0.1, 0.15) is 67.7 Å². The lowest BCUT2D eigenvalue weighted by molar-refractivity contribution is -0.197. The second-order valence-electron chi connectivity index (χ2n) is 9.16. The standard InChI is InChI=1S/C17H33NO/c1-15(2,3)11-16(4,5)18-13-12-9-8-10-19-14(12)17(13,6)7/h12-14,18H,8-11H2,1-7H3. The number of rotatable bonds is 3. The van der Waals surface area contributed by atoms with E-state index < -0.39 is 0 Å². The molecular formula is C17H33NO. The summed E-state index contributed by atoms with van der Waals surface area (Å²) in [6.07, 6.45) is 4.24. The molecule has 0 amide bonds. The Bertz CT molecular complexity index is 327. The van der Waals surface area contributed by atoms with Gasteiger partial charge in [-0.05, 0) is 38.5 Å². The lowest BCUT2D eigenvalue weighted by atomic mass is 9.54. The second-order valence-corrected chi connectivity index (χ2v) is 9.16. The fourth-order valence-electron chi connectivity index (χ4n) is 4.61. The second kappa shape index (κ2) is 4.73. The average molecular weight is 267 g/mol. The number of ether oxygens (including phenoxy) is 1. The van der Waals surface area contributed by atoms with E-state index in [1.54, 1.807) is 0 Å². The molecule has 1 aliphatic carbocycles. The molecule has 19 heavy (non-hydrogen) atoms. The Labute approximate surface area is 119 Å². The van der Waals surface area contributed by atoms with Gasteiger partial charge in [-0.25, -0.2) is 0 Å². The van der Waals surface area contributed by atoms with E-state index in [-0.39, 0.29) is 11.0 Å². The van der Waals surface area contributed by atoms with Crippen molar-refractivity contribution in [2.24, 2.45) is 16.7 Å². The zero-order chi connectivity index (χ0) is 14.5. The lowest BCUT2D eigenvalue weighted by Crippen LogP contribution is -2.72. The van der Waals surface area contributed by atoms with Crippen LogP contribution >= 0.6 is 0 Å². The van der Waals surface area contributed by atoms with E-state index in [2.05, 4.69) is 53.8 Å². The van der Waals surface area contributed by atoms with Crippen LogP contribution in [0.3, 0.4) is 0 Å². The van der Waals surface area contributed by atoms with Gasteiger partial charge in [-0.3, -0.25) is 0 Å². The Morgan fingerprint density at radius 1 is 1.16 bits per heavy atom. The molecule has 0 radical (unpaired) electrons. The van der Waals surface area contributed by atoms with Crippen LogP contribution < -0.4 is 5.32 Å². The van der Waals surface area contributed by atoms with Crippen molar-refractivity contribution in [3.8, 4) is 0 Å². The quantitative estimate of drug-likeness (QED) is 0.834. The molecule has 2 fully saturated rings. The molecule has 3 unspecified atom stereocenters.